The Morgan fingerprint density at radius 2 is 1.95 bits per heavy atom. The molecule has 0 spiro atoms. The summed E-state index contributed by atoms with van der Waals surface area (Å²) in [6.07, 6.45) is 3.61. The molecule has 1 aliphatic rings. The molecule has 1 aromatic rings. The van der Waals surface area contributed by atoms with Gasteiger partial charge in [-0.1, -0.05) is 6.92 Å². The van der Waals surface area contributed by atoms with Crippen LogP contribution >= 0.6 is 15.9 Å². The molecule has 0 atom stereocenters. The molecule has 19 heavy (non-hydrogen) atoms. The standard InChI is InChI=1S/C14H23BrN4/c1-4-7-19(9-8-18(2)3)13-10-12(15)16-14(17-13)11-5-6-11/h10-11H,4-9H2,1-3H3. The van der Waals surface area contributed by atoms with Gasteiger partial charge in [0.25, 0.3) is 0 Å². The van der Waals surface area contributed by atoms with Gasteiger partial charge in [0.15, 0.2) is 0 Å². The monoisotopic (exact) mass is 326 g/mol. The Hall–Kier alpha value is -0.680. The van der Waals surface area contributed by atoms with Gasteiger partial charge in [0.1, 0.15) is 16.2 Å². The smallest absolute Gasteiger partial charge is 0.135 e. The van der Waals surface area contributed by atoms with Crippen LogP contribution in [0.4, 0.5) is 5.82 Å². The number of halogens is 1. The first-order valence-corrected chi connectivity index (χ1v) is 7.83. The quantitative estimate of drug-likeness (QED) is 0.721. The number of aromatic nitrogens is 2. The van der Waals surface area contributed by atoms with Crippen LogP contribution in [0.15, 0.2) is 10.7 Å². The fourth-order valence-electron chi connectivity index (χ4n) is 2.04. The summed E-state index contributed by atoms with van der Waals surface area (Å²) in [5, 5.41) is 0. The van der Waals surface area contributed by atoms with Gasteiger partial charge in [-0.05, 0) is 49.3 Å². The number of likely N-dealkylation sites (N-methyl/N-ethyl adjacent to an activating group) is 1. The second-order valence-electron chi connectivity index (χ2n) is 5.47. The Morgan fingerprint density at radius 3 is 2.53 bits per heavy atom. The van der Waals surface area contributed by atoms with E-state index in [1.54, 1.807) is 0 Å². The predicted octanol–water partition coefficient (Wildman–Crippen LogP) is 2.89. The molecule has 1 saturated carbocycles. The molecule has 0 saturated heterocycles. The van der Waals surface area contributed by atoms with Crippen LogP contribution in [-0.4, -0.2) is 48.6 Å². The summed E-state index contributed by atoms with van der Waals surface area (Å²) in [6, 6.07) is 2.04. The third-order valence-corrected chi connectivity index (χ3v) is 3.68. The van der Waals surface area contributed by atoms with Gasteiger partial charge in [-0.25, -0.2) is 9.97 Å². The van der Waals surface area contributed by atoms with Crippen LogP contribution in [0.1, 0.15) is 37.9 Å². The van der Waals surface area contributed by atoms with Crippen molar-refractivity contribution in [2.24, 2.45) is 0 Å². The SMILES string of the molecule is CCCN(CCN(C)C)c1cc(Br)nc(C2CC2)n1. The van der Waals surface area contributed by atoms with Gasteiger partial charge in [0, 0.05) is 31.6 Å². The molecule has 1 heterocycles. The van der Waals surface area contributed by atoms with Gasteiger partial charge < -0.3 is 9.80 Å². The molecule has 0 aromatic carbocycles. The van der Waals surface area contributed by atoms with Crippen LogP contribution < -0.4 is 4.90 Å². The zero-order chi connectivity index (χ0) is 13.8. The maximum atomic E-state index is 4.76. The highest BCUT2D eigenvalue weighted by atomic mass is 79.9. The molecule has 0 amide bonds. The van der Waals surface area contributed by atoms with Crippen molar-refractivity contribution in [1.82, 2.24) is 14.9 Å². The largest absolute Gasteiger partial charge is 0.355 e. The molecule has 0 bridgehead atoms. The van der Waals surface area contributed by atoms with Gasteiger partial charge in [0.2, 0.25) is 0 Å². The summed E-state index contributed by atoms with van der Waals surface area (Å²) in [5.41, 5.74) is 0. The molecule has 0 radical (unpaired) electrons. The van der Waals surface area contributed by atoms with E-state index in [0.717, 1.165) is 42.3 Å². The minimum atomic E-state index is 0.591. The number of hydrogen-bond donors (Lipinski definition) is 0. The molecule has 0 aliphatic heterocycles. The van der Waals surface area contributed by atoms with E-state index in [4.69, 9.17) is 4.98 Å². The molecule has 0 N–H and O–H groups in total. The minimum Gasteiger partial charge on any atom is -0.355 e. The Bertz CT molecular complexity index is 418. The van der Waals surface area contributed by atoms with Crippen molar-refractivity contribution < 1.29 is 0 Å². The van der Waals surface area contributed by atoms with Gasteiger partial charge >= 0.3 is 0 Å². The van der Waals surface area contributed by atoms with Gasteiger partial charge in [-0.15, -0.1) is 0 Å². The van der Waals surface area contributed by atoms with Crippen molar-refractivity contribution in [2.45, 2.75) is 32.1 Å². The third kappa shape index (κ3) is 4.42. The van der Waals surface area contributed by atoms with Crippen molar-refractivity contribution in [3.05, 3.63) is 16.5 Å². The molecule has 5 heteroatoms. The average molecular weight is 327 g/mol. The highest BCUT2D eigenvalue weighted by Crippen LogP contribution is 2.39. The topological polar surface area (TPSA) is 32.3 Å². The Labute approximate surface area is 124 Å². The van der Waals surface area contributed by atoms with E-state index in [9.17, 15) is 0 Å². The van der Waals surface area contributed by atoms with Crippen LogP contribution in [0.5, 0.6) is 0 Å². The Kier molecular flexibility index (Phi) is 5.16. The van der Waals surface area contributed by atoms with Crippen molar-refractivity contribution in [1.29, 1.82) is 0 Å². The van der Waals surface area contributed by atoms with Crippen molar-refractivity contribution >= 4 is 21.7 Å². The fraction of sp³-hybridized carbons (Fsp3) is 0.714. The maximum absolute atomic E-state index is 4.76. The highest BCUT2D eigenvalue weighted by molar-refractivity contribution is 9.10. The zero-order valence-corrected chi connectivity index (χ0v) is 13.7. The first-order valence-electron chi connectivity index (χ1n) is 7.04. The number of hydrogen-bond acceptors (Lipinski definition) is 4. The van der Waals surface area contributed by atoms with Crippen LogP contribution in [-0.2, 0) is 0 Å². The van der Waals surface area contributed by atoms with E-state index in [1.807, 2.05) is 6.07 Å². The lowest BCUT2D eigenvalue weighted by Gasteiger charge is -2.25. The molecular formula is C14H23BrN4. The average Bonchev–Trinajstić information content (AvgIpc) is 3.17. The van der Waals surface area contributed by atoms with Crippen LogP contribution in [0.2, 0.25) is 0 Å². The lowest BCUT2D eigenvalue weighted by Crippen LogP contribution is -2.33. The van der Waals surface area contributed by atoms with Gasteiger partial charge in [0.05, 0.1) is 0 Å². The first-order chi connectivity index (χ1) is 9.10. The second kappa shape index (κ2) is 6.66. The molecule has 1 aliphatic carbocycles. The normalized spacial score (nSPS) is 15.0. The highest BCUT2D eigenvalue weighted by Gasteiger charge is 2.27. The van der Waals surface area contributed by atoms with E-state index in [1.165, 1.54) is 12.8 Å². The molecular weight excluding hydrogens is 304 g/mol. The molecule has 1 fully saturated rings. The Morgan fingerprint density at radius 1 is 1.21 bits per heavy atom. The molecule has 2 rings (SSSR count). The van der Waals surface area contributed by atoms with Gasteiger partial charge in [-0.3, -0.25) is 0 Å². The predicted molar refractivity (Wildman–Crippen MR) is 82.8 cm³/mol. The zero-order valence-electron chi connectivity index (χ0n) is 12.1. The maximum Gasteiger partial charge on any atom is 0.135 e. The van der Waals surface area contributed by atoms with E-state index >= 15 is 0 Å². The van der Waals surface area contributed by atoms with Crippen molar-refractivity contribution in [3.8, 4) is 0 Å². The summed E-state index contributed by atoms with van der Waals surface area (Å²) >= 11 is 3.52. The van der Waals surface area contributed by atoms with Crippen LogP contribution in [0.3, 0.4) is 0 Å². The summed E-state index contributed by atoms with van der Waals surface area (Å²) in [5.74, 6) is 2.66. The molecule has 106 valence electrons. The van der Waals surface area contributed by atoms with E-state index in [0.29, 0.717) is 5.92 Å². The lowest BCUT2D eigenvalue weighted by atomic mass is 10.3. The third-order valence-electron chi connectivity index (χ3n) is 3.28. The van der Waals surface area contributed by atoms with Crippen LogP contribution in [0.25, 0.3) is 0 Å². The minimum absolute atomic E-state index is 0.591. The van der Waals surface area contributed by atoms with Crippen LogP contribution in [0, 0.1) is 0 Å². The Balaban J connectivity index is 2.14. The van der Waals surface area contributed by atoms with Gasteiger partial charge in [-0.2, -0.15) is 0 Å². The summed E-state index contributed by atoms with van der Waals surface area (Å²) in [4.78, 5) is 13.8. The lowest BCUT2D eigenvalue weighted by molar-refractivity contribution is 0.412. The molecule has 0 unspecified atom stereocenters. The van der Waals surface area contributed by atoms with Crippen molar-refractivity contribution in [2.75, 3.05) is 38.6 Å². The molecule has 1 aromatic heterocycles. The second-order valence-corrected chi connectivity index (χ2v) is 6.28. The number of rotatable bonds is 7. The summed E-state index contributed by atoms with van der Waals surface area (Å²) in [6.45, 7) is 5.30. The van der Waals surface area contributed by atoms with Crippen molar-refractivity contribution in [3.63, 3.8) is 0 Å². The van der Waals surface area contributed by atoms with E-state index < -0.39 is 0 Å². The summed E-state index contributed by atoms with van der Waals surface area (Å²) in [7, 11) is 4.21. The first kappa shape index (κ1) is 14.7. The molecule has 4 nitrogen and oxygen atoms in total. The number of nitrogens with zero attached hydrogens (tertiary/aromatic N) is 4. The fourth-order valence-corrected chi connectivity index (χ4v) is 2.43. The summed E-state index contributed by atoms with van der Waals surface area (Å²) < 4.78 is 0.908. The van der Waals surface area contributed by atoms with E-state index in [-0.39, 0.29) is 0 Å². The number of anilines is 1. The van der Waals surface area contributed by atoms with E-state index in [2.05, 4.69) is 51.7 Å².